The summed E-state index contributed by atoms with van der Waals surface area (Å²) >= 11 is 0. The Balaban J connectivity index is 2.27. The van der Waals surface area contributed by atoms with Crippen molar-refractivity contribution < 1.29 is 13.5 Å². The lowest BCUT2D eigenvalue weighted by molar-refractivity contribution is 0.410. The average molecular weight is 394 g/mol. The number of sulfonamides is 1. The predicted molar refractivity (Wildman–Crippen MR) is 102 cm³/mol. The molecule has 146 valence electrons. The van der Waals surface area contributed by atoms with Crippen molar-refractivity contribution in [3.63, 3.8) is 0 Å². The van der Waals surface area contributed by atoms with Crippen molar-refractivity contribution in [3.05, 3.63) is 50.7 Å². The van der Waals surface area contributed by atoms with Crippen molar-refractivity contribution in [3.8, 4) is 5.88 Å². The number of aromatic amines is 2. The lowest BCUT2D eigenvalue weighted by atomic mass is 10.3. The molecular formula is C17H22N4O5S. The lowest BCUT2D eigenvalue weighted by Gasteiger charge is -2.20. The Bertz CT molecular complexity index is 1020. The molecular weight excluding hydrogens is 372 g/mol. The molecule has 0 radical (unpaired) electrons. The Hall–Kier alpha value is -2.72. The maximum absolute atomic E-state index is 12.7. The minimum absolute atomic E-state index is 0.160. The highest BCUT2D eigenvalue weighted by molar-refractivity contribution is 7.89. The van der Waals surface area contributed by atoms with Crippen LogP contribution in [0.1, 0.15) is 32.3 Å². The molecule has 0 saturated carbocycles. The molecule has 0 unspecified atom stereocenters. The van der Waals surface area contributed by atoms with E-state index in [9.17, 15) is 23.1 Å². The number of benzene rings is 1. The molecule has 1 heterocycles. The van der Waals surface area contributed by atoms with Crippen LogP contribution in [0.5, 0.6) is 5.88 Å². The molecule has 2 aromatic rings. The molecule has 1 aromatic carbocycles. The minimum Gasteiger partial charge on any atom is -0.494 e. The van der Waals surface area contributed by atoms with Gasteiger partial charge in [-0.25, -0.2) is 13.2 Å². The summed E-state index contributed by atoms with van der Waals surface area (Å²) in [5.74, 6) is -0.596. The zero-order valence-electron chi connectivity index (χ0n) is 15.1. The van der Waals surface area contributed by atoms with Gasteiger partial charge < -0.3 is 5.11 Å². The van der Waals surface area contributed by atoms with E-state index in [0.29, 0.717) is 18.8 Å². The molecule has 2 rings (SSSR count). The first kappa shape index (κ1) is 20.6. The van der Waals surface area contributed by atoms with E-state index in [0.717, 1.165) is 19.1 Å². The Morgan fingerprint density at radius 2 is 1.67 bits per heavy atom. The number of rotatable bonds is 8. The smallest absolute Gasteiger partial charge is 0.328 e. The highest BCUT2D eigenvalue weighted by Crippen LogP contribution is 2.20. The van der Waals surface area contributed by atoms with Crippen LogP contribution in [0.4, 0.5) is 5.69 Å². The van der Waals surface area contributed by atoms with Gasteiger partial charge in [-0.15, -0.1) is 0 Å². The summed E-state index contributed by atoms with van der Waals surface area (Å²) in [6, 6.07) is 5.88. The van der Waals surface area contributed by atoms with Crippen molar-refractivity contribution in [2.45, 2.75) is 31.6 Å². The largest absolute Gasteiger partial charge is 0.494 e. The van der Waals surface area contributed by atoms with E-state index in [1.165, 1.54) is 28.6 Å². The van der Waals surface area contributed by atoms with Gasteiger partial charge in [-0.1, -0.05) is 13.8 Å². The maximum Gasteiger partial charge on any atom is 0.328 e. The number of hydrogen-bond donors (Lipinski definition) is 3. The standard InChI is InChI=1S/C17H22N4O5S/c1-3-9-21(10-4-2)27(25,26)13-7-5-12(6-8-13)18-11-14-15(22)19-17(24)20-16(14)23/h5-8,11H,3-4,9-10H2,1-2H3,(H3,19,20,22,23,24). The number of aliphatic imine (C=N–C) groups is 1. The summed E-state index contributed by atoms with van der Waals surface area (Å²) in [6.45, 7) is 4.74. The zero-order valence-corrected chi connectivity index (χ0v) is 15.9. The van der Waals surface area contributed by atoms with Gasteiger partial charge in [-0.2, -0.15) is 4.31 Å². The Kier molecular flexibility index (Phi) is 6.70. The van der Waals surface area contributed by atoms with Gasteiger partial charge in [0, 0.05) is 19.3 Å². The van der Waals surface area contributed by atoms with Gasteiger partial charge in [0.05, 0.1) is 10.6 Å². The molecule has 0 amide bonds. The Morgan fingerprint density at radius 3 is 2.19 bits per heavy atom. The van der Waals surface area contributed by atoms with Crippen LogP contribution in [-0.2, 0) is 10.0 Å². The third-order valence-corrected chi connectivity index (χ3v) is 5.63. The van der Waals surface area contributed by atoms with Gasteiger partial charge >= 0.3 is 5.69 Å². The summed E-state index contributed by atoms with van der Waals surface area (Å²) in [5.41, 5.74) is -1.43. The lowest BCUT2D eigenvalue weighted by Crippen LogP contribution is -2.32. The fraction of sp³-hybridized carbons (Fsp3) is 0.353. The second-order valence-electron chi connectivity index (χ2n) is 5.83. The molecule has 1 aromatic heterocycles. The number of nitrogens with zero attached hydrogens (tertiary/aromatic N) is 2. The van der Waals surface area contributed by atoms with Gasteiger partial charge in [0.15, 0.2) is 0 Å². The molecule has 0 aliphatic heterocycles. The van der Waals surface area contributed by atoms with Crippen molar-refractivity contribution >= 4 is 21.9 Å². The van der Waals surface area contributed by atoms with E-state index in [1.54, 1.807) is 0 Å². The molecule has 0 aliphatic rings. The van der Waals surface area contributed by atoms with Crippen LogP contribution < -0.4 is 11.2 Å². The van der Waals surface area contributed by atoms with Crippen LogP contribution in [0, 0.1) is 0 Å². The van der Waals surface area contributed by atoms with Crippen LogP contribution in [-0.4, -0.2) is 47.1 Å². The van der Waals surface area contributed by atoms with E-state index in [4.69, 9.17) is 0 Å². The Labute approximate surface area is 156 Å². The SMILES string of the molecule is CCCN(CCC)S(=O)(=O)c1ccc(N=Cc2c(O)[nH]c(=O)[nH]c2=O)cc1. The predicted octanol–water partition coefficient (Wildman–Crippen LogP) is 1.33. The van der Waals surface area contributed by atoms with Crippen LogP contribution in [0.15, 0.2) is 43.7 Å². The van der Waals surface area contributed by atoms with E-state index in [2.05, 4.69) is 4.99 Å². The summed E-state index contributed by atoms with van der Waals surface area (Å²) in [7, 11) is -3.58. The van der Waals surface area contributed by atoms with Gasteiger partial charge in [0.1, 0.15) is 5.56 Å². The van der Waals surface area contributed by atoms with Crippen LogP contribution in [0.3, 0.4) is 0 Å². The molecule has 0 fully saturated rings. The summed E-state index contributed by atoms with van der Waals surface area (Å²) < 4.78 is 26.8. The van der Waals surface area contributed by atoms with Crippen molar-refractivity contribution in [2.75, 3.05) is 13.1 Å². The number of H-pyrrole nitrogens is 2. The minimum atomic E-state index is -3.58. The average Bonchev–Trinajstić information content (AvgIpc) is 2.61. The van der Waals surface area contributed by atoms with Gasteiger partial charge in [-0.05, 0) is 37.1 Å². The number of aromatic nitrogens is 2. The maximum atomic E-state index is 12.7. The van der Waals surface area contributed by atoms with Gasteiger partial charge in [-0.3, -0.25) is 19.8 Å². The molecule has 9 nitrogen and oxygen atoms in total. The first-order chi connectivity index (χ1) is 12.8. The van der Waals surface area contributed by atoms with E-state index in [-0.39, 0.29) is 10.5 Å². The second-order valence-corrected chi connectivity index (χ2v) is 7.76. The van der Waals surface area contributed by atoms with Crippen LogP contribution in [0.2, 0.25) is 0 Å². The van der Waals surface area contributed by atoms with Crippen molar-refractivity contribution in [2.24, 2.45) is 4.99 Å². The quantitative estimate of drug-likeness (QED) is 0.580. The topological polar surface area (TPSA) is 136 Å². The summed E-state index contributed by atoms with van der Waals surface area (Å²) in [4.78, 5) is 30.9. The van der Waals surface area contributed by atoms with Crippen LogP contribution >= 0.6 is 0 Å². The first-order valence-corrected chi connectivity index (χ1v) is 9.93. The van der Waals surface area contributed by atoms with Crippen molar-refractivity contribution in [1.29, 1.82) is 0 Å². The summed E-state index contributed by atoms with van der Waals surface area (Å²) in [5, 5.41) is 9.61. The normalized spacial score (nSPS) is 12.1. The van der Waals surface area contributed by atoms with E-state index in [1.807, 2.05) is 23.8 Å². The third-order valence-electron chi connectivity index (χ3n) is 3.72. The fourth-order valence-corrected chi connectivity index (χ4v) is 4.07. The number of aromatic hydroxyl groups is 1. The molecule has 0 bridgehead atoms. The molecule has 3 N–H and O–H groups in total. The molecule has 0 atom stereocenters. The first-order valence-electron chi connectivity index (χ1n) is 8.49. The molecule has 0 spiro atoms. The Morgan fingerprint density at radius 1 is 1.07 bits per heavy atom. The highest BCUT2D eigenvalue weighted by atomic mass is 32.2. The number of nitrogens with one attached hydrogen (secondary N) is 2. The fourth-order valence-electron chi connectivity index (χ4n) is 2.45. The zero-order chi connectivity index (χ0) is 20.0. The molecule has 10 heteroatoms. The van der Waals surface area contributed by atoms with E-state index >= 15 is 0 Å². The third kappa shape index (κ3) is 4.92. The summed E-state index contributed by atoms with van der Waals surface area (Å²) in [6.07, 6.45) is 2.53. The monoisotopic (exact) mass is 394 g/mol. The molecule has 0 aliphatic carbocycles. The van der Waals surface area contributed by atoms with Crippen LogP contribution in [0.25, 0.3) is 0 Å². The van der Waals surface area contributed by atoms with Crippen molar-refractivity contribution in [1.82, 2.24) is 14.3 Å². The molecule has 0 saturated heterocycles. The highest BCUT2D eigenvalue weighted by Gasteiger charge is 2.22. The van der Waals surface area contributed by atoms with E-state index < -0.39 is 27.2 Å². The second kappa shape index (κ2) is 8.78. The molecule has 27 heavy (non-hydrogen) atoms. The van der Waals surface area contributed by atoms with Gasteiger partial charge in [0.25, 0.3) is 5.56 Å². The number of hydrogen-bond acceptors (Lipinski definition) is 6. The van der Waals surface area contributed by atoms with Gasteiger partial charge in [0.2, 0.25) is 15.9 Å².